The first kappa shape index (κ1) is 11.6. The Labute approximate surface area is 98.6 Å². The Morgan fingerprint density at radius 3 is 2.76 bits per heavy atom. The maximum atomic E-state index is 11.6. The first-order valence-electron chi connectivity index (χ1n) is 5.71. The SMILES string of the molecule is O=C(Cn1ccc(C(=O)O)n1)NC1CCCC1. The Balaban J connectivity index is 1.86. The first-order valence-corrected chi connectivity index (χ1v) is 5.71. The van der Waals surface area contributed by atoms with Gasteiger partial charge >= 0.3 is 5.97 Å². The molecular formula is C11H15N3O3. The smallest absolute Gasteiger partial charge is 0.356 e. The quantitative estimate of drug-likeness (QED) is 0.804. The van der Waals surface area contributed by atoms with Crippen LogP contribution in [0.25, 0.3) is 0 Å². The van der Waals surface area contributed by atoms with E-state index in [0.29, 0.717) is 0 Å². The maximum absolute atomic E-state index is 11.6. The Hall–Kier alpha value is -1.85. The third-order valence-corrected chi connectivity index (χ3v) is 2.89. The summed E-state index contributed by atoms with van der Waals surface area (Å²) in [5, 5.41) is 15.4. The summed E-state index contributed by atoms with van der Waals surface area (Å²) in [6.45, 7) is 0.0732. The van der Waals surface area contributed by atoms with E-state index in [4.69, 9.17) is 5.11 Å². The van der Waals surface area contributed by atoms with E-state index in [1.165, 1.54) is 16.9 Å². The van der Waals surface area contributed by atoms with Crippen molar-refractivity contribution in [1.82, 2.24) is 15.1 Å². The number of rotatable bonds is 4. The second-order valence-electron chi connectivity index (χ2n) is 4.25. The molecule has 2 rings (SSSR count). The molecule has 1 heterocycles. The van der Waals surface area contributed by atoms with Crippen LogP contribution < -0.4 is 5.32 Å². The maximum Gasteiger partial charge on any atom is 0.356 e. The van der Waals surface area contributed by atoms with E-state index in [9.17, 15) is 9.59 Å². The van der Waals surface area contributed by atoms with E-state index < -0.39 is 5.97 Å². The third-order valence-electron chi connectivity index (χ3n) is 2.89. The van der Waals surface area contributed by atoms with E-state index in [-0.39, 0.29) is 24.2 Å². The molecule has 0 aliphatic heterocycles. The lowest BCUT2D eigenvalue weighted by Gasteiger charge is -2.11. The summed E-state index contributed by atoms with van der Waals surface area (Å²) in [6.07, 6.45) is 5.89. The van der Waals surface area contributed by atoms with Crippen LogP contribution in [-0.2, 0) is 11.3 Å². The number of carbonyl (C=O) groups excluding carboxylic acids is 1. The predicted octanol–water partition coefficient (Wildman–Crippen LogP) is 0.640. The molecule has 1 aliphatic rings. The van der Waals surface area contributed by atoms with Gasteiger partial charge in [-0.25, -0.2) is 4.79 Å². The number of hydrogen-bond donors (Lipinski definition) is 2. The molecule has 0 unspecified atom stereocenters. The molecule has 0 bridgehead atoms. The molecule has 0 atom stereocenters. The van der Waals surface area contributed by atoms with Gasteiger partial charge in [0.1, 0.15) is 6.54 Å². The number of nitrogens with zero attached hydrogens (tertiary/aromatic N) is 2. The third kappa shape index (κ3) is 3.05. The van der Waals surface area contributed by atoms with Crippen molar-refractivity contribution in [1.29, 1.82) is 0 Å². The second kappa shape index (κ2) is 4.99. The molecule has 1 fully saturated rings. The lowest BCUT2D eigenvalue weighted by Crippen LogP contribution is -2.35. The van der Waals surface area contributed by atoms with Crippen LogP contribution in [0.3, 0.4) is 0 Å². The molecule has 2 N–H and O–H groups in total. The van der Waals surface area contributed by atoms with Gasteiger partial charge in [-0.2, -0.15) is 5.10 Å². The van der Waals surface area contributed by atoms with E-state index in [2.05, 4.69) is 10.4 Å². The normalized spacial score (nSPS) is 16.0. The van der Waals surface area contributed by atoms with Crippen molar-refractivity contribution in [2.24, 2.45) is 0 Å². The van der Waals surface area contributed by atoms with Crippen LogP contribution in [0.4, 0.5) is 0 Å². The highest BCUT2D eigenvalue weighted by Gasteiger charge is 2.17. The van der Waals surface area contributed by atoms with Crippen LogP contribution >= 0.6 is 0 Å². The molecule has 0 aromatic carbocycles. The predicted molar refractivity (Wildman–Crippen MR) is 59.6 cm³/mol. The molecule has 1 aromatic heterocycles. The van der Waals surface area contributed by atoms with Gasteiger partial charge in [-0.3, -0.25) is 9.48 Å². The van der Waals surface area contributed by atoms with Gasteiger partial charge in [-0.15, -0.1) is 0 Å². The number of carboxylic acids is 1. The minimum atomic E-state index is -1.08. The minimum Gasteiger partial charge on any atom is -0.476 e. The monoisotopic (exact) mass is 237 g/mol. The van der Waals surface area contributed by atoms with Crippen molar-refractivity contribution in [2.45, 2.75) is 38.3 Å². The highest BCUT2D eigenvalue weighted by Crippen LogP contribution is 2.17. The molecule has 6 nitrogen and oxygen atoms in total. The summed E-state index contributed by atoms with van der Waals surface area (Å²) in [7, 11) is 0. The van der Waals surface area contributed by atoms with Gasteiger partial charge in [-0.1, -0.05) is 12.8 Å². The Bertz CT molecular complexity index is 421. The topological polar surface area (TPSA) is 84.2 Å². The van der Waals surface area contributed by atoms with E-state index in [1.54, 1.807) is 0 Å². The molecule has 6 heteroatoms. The van der Waals surface area contributed by atoms with Crippen LogP contribution in [0.1, 0.15) is 36.2 Å². The molecule has 1 aliphatic carbocycles. The Morgan fingerprint density at radius 1 is 1.47 bits per heavy atom. The van der Waals surface area contributed by atoms with Crippen LogP contribution in [0.15, 0.2) is 12.3 Å². The lowest BCUT2D eigenvalue weighted by atomic mass is 10.2. The van der Waals surface area contributed by atoms with Crippen molar-refractivity contribution < 1.29 is 14.7 Å². The number of amides is 1. The number of aromatic carboxylic acids is 1. The lowest BCUT2D eigenvalue weighted by molar-refractivity contribution is -0.122. The zero-order valence-corrected chi connectivity index (χ0v) is 9.43. The molecule has 0 radical (unpaired) electrons. The van der Waals surface area contributed by atoms with Crippen LogP contribution in [0, 0.1) is 0 Å². The van der Waals surface area contributed by atoms with Crippen molar-refractivity contribution in [3.63, 3.8) is 0 Å². The molecule has 0 saturated heterocycles. The molecule has 92 valence electrons. The van der Waals surface area contributed by atoms with Crippen LogP contribution in [0.5, 0.6) is 0 Å². The molecular weight excluding hydrogens is 222 g/mol. The number of carbonyl (C=O) groups is 2. The van der Waals surface area contributed by atoms with Gasteiger partial charge in [0.25, 0.3) is 0 Å². The Morgan fingerprint density at radius 2 is 2.18 bits per heavy atom. The van der Waals surface area contributed by atoms with Gasteiger partial charge in [-0.05, 0) is 18.9 Å². The number of hydrogen-bond acceptors (Lipinski definition) is 3. The van der Waals surface area contributed by atoms with Gasteiger partial charge < -0.3 is 10.4 Å². The number of carboxylic acid groups (broad SMARTS) is 1. The van der Waals surface area contributed by atoms with E-state index >= 15 is 0 Å². The second-order valence-corrected chi connectivity index (χ2v) is 4.25. The van der Waals surface area contributed by atoms with Crippen molar-refractivity contribution in [3.8, 4) is 0 Å². The molecule has 1 aromatic rings. The van der Waals surface area contributed by atoms with Crippen LogP contribution in [0.2, 0.25) is 0 Å². The van der Waals surface area contributed by atoms with E-state index in [0.717, 1.165) is 25.7 Å². The number of nitrogens with one attached hydrogen (secondary N) is 1. The van der Waals surface area contributed by atoms with Crippen molar-refractivity contribution in [2.75, 3.05) is 0 Å². The zero-order valence-electron chi connectivity index (χ0n) is 9.43. The molecule has 0 spiro atoms. The highest BCUT2D eigenvalue weighted by atomic mass is 16.4. The van der Waals surface area contributed by atoms with E-state index in [1.807, 2.05) is 0 Å². The van der Waals surface area contributed by atoms with Crippen LogP contribution in [-0.4, -0.2) is 32.8 Å². The summed E-state index contributed by atoms with van der Waals surface area (Å²) >= 11 is 0. The fourth-order valence-electron chi connectivity index (χ4n) is 2.05. The summed E-state index contributed by atoms with van der Waals surface area (Å²) in [4.78, 5) is 22.2. The van der Waals surface area contributed by atoms with Gasteiger partial charge in [0, 0.05) is 12.2 Å². The summed E-state index contributed by atoms with van der Waals surface area (Å²) in [6, 6.07) is 1.66. The first-order chi connectivity index (χ1) is 8.15. The van der Waals surface area contributed by atoms with Gasteiger partial charge in [0.2, 0.25) is 5.91 Å². The van der Waals surface area contributed by atoms with Gasteiger partial charge in [0.05, 0.1) is 0 Å². The average Bonchev–Trinajstić information content (AvgIpc) is 2.88. The summed E-state index contributed by atoms with van der Waals surface area (Å²) < 4.78 is 1.34. The fourth-order valence-corrected chi connectivity index (χ4v) is 2.05. The highest BCUT2D eigenvalue weighted by molar-refractivity contribution is 5.85. The van der Waals surface area contributed by atoms with Crippen molar-refractivity contribution >= 4 is 11.9 Å². The molecule has 17 heavy (non-hydrogen) atoms. The van der Waals surface area contributed by atoms with Gasteiger partial charge in [0.15, 0.2) is 5.69 Å². The fraction of sp³-hybridized carbons (Fsp3) is 0.545. The standard InChI is InChI=1S/C11H15N3O3/c15-10(12-8-3-1-2-4-8)7-14-6-5-9(13-14)11(16)17/h5-6,8H,1-4,7H2,(H,12,15)(H,16,17). The average molecular weight is 237 g/mol. The Kier molecular flexibility index (Phi) is 3.41. The summed E-state index contributed by atoms with van der Waals surface area (Å²) in [5.41, 5.74) is -0.0429. The molecule has 1 amide bonds. The minimum absolute atomic E-state index is 0.0429. The number of aromatic nitrogens is 2. The zero-order chi connectivity index (χ0) is 12.3. The summed E-state index contributed by atoms with van der Waals surface area (Å²) in [5.74, 6) is -1.20. The molecule has 1 saturated carbocycles. The largest absolute Gasteiger partial charge is 0.476 e. The van der Waals surface area contributed by atoms with Crippen molar-refractivity contribution in [3.05, 3.63) is 18.0 Å².